The molecule has 1 aromatic carbocycles. The lowest BCUT2D eigenvalue weighted by molar-refractivity contribution is -0.116. The van der Waals surface area contributed by atoms with Gasteiger partial charge >= 0.3 is 0 Å². The standard InChI is InChI=1S/C16H26N2O/c1-3-13-5-8-15(9-6-13)18-16(19)10-7-14(4-2)11-12-17/h5-6,8-9,14H,3-4,7,10-12,17H2,1-2H3,(H,18,19). The van der Waals surface area contributed by atoms with Crippen molar-refractivity contribution in [3.63, 3.8) is 0 Å². The maximum atomic E-state index is 11.8. The lowest BCUT2D eigenvalue weighted by Crippen LogP contribution is -2.15. The highest BCUT2D eigenvalue weighted by Crippen LogP contribution is 2.16. The first kappa shape index (κ1) is 15.7. The molecule has 3 N–H and O–H groups in total. The van der Waals surface area contributed by atoms with E-state index in [1.807, 2.05) is 12.1 Å². The number of benzene rings is 1. The van der Waals surface area contributed by atoms with Crippen LogP contribution in [0.5, 0.6) is 0 Å². The molecule has 1 aromatic rings. The van der Waals surface area contributed by atoms with E-state index in [0.717, 1.165) is 31.4 Å². The van der Waals surface area contributed by atoms with Crippen molar-refractivity contribution in [3.05, 3.63) is 29.8 Å². The third-order valence-corrected chi connectivity index (χ3v) is 3.58. The fraction of sp³-hybridized carbons (Fsp3) is 0.562. The van der Waals surface area contributed by atoms with Crippen LogP contribution in [0.2, 0.25) is 0 Å². The number of carbonyl (C=O) groups excluding carboxylic acids is 1. The molecule has 0 saturated heterocycles. The summed E-state index contributed by atoms with van der Waals surface area (Å²) in [5.41, 5.74) is 7.73. The zero-order valence-electron chi connectivity index (χ0n) is 12.1. The van der Waals surface area contributed by atoms with E-state index in [1.54, 1.807) is 0 Å². The van der Waals surface area contributed by atoms with E-state index in [0.29, 0.717) is 18.9 Å². The Bertz CT molecular complexity index is 373. The summed E-state index contributed by atoms with van der Waals surface area (Å²) in [6.45, 7) is 4.98. The predicted octanol–water partition coefficient (Wildman–Crippen LogP) is 3.34. The Hall–Kier alpha value is -1.35. The van der Waals surface area contributed by atoms with Crippen LogP contribution < -0.4 is 11.1 Å². The van der Waals surface area contributed by atoms with Gasteiger partial charge in [-0.3, -0.25) is 4.79 Å². The zero-order chi connectivity index (χ0) is 14.1. The molecular formula is C16H26N2O. The van der Waals surface area contributed by atoms with Gasteiger partial charge in [0.05, 0.1) is 0 Å². The zero-order valence-corrected chi connectivity index (χ0v) is 12.1. The highest BCUT2D eigenvalue weighted by Gasteiger charge is 2.09. The molecule has 3 heteroatoms. The lowest BCUT2D eigenvalue weighted by Gasteiger charge is -2.13. The molecule has 0 saturated carbocycles. The summed E-state index contributed by atoms with van der Waals surface area (Å²) in [4.78, 5) is 11.8. The summed E-state index contributed by atoms with van der Waals surface area (Å²) in [5.74, 6) is 0.665. The maximum absolute atomic E-state index is 11.8. The van der Waals surface area contributed by atoms with Crippen LogP contribution >= 0.6 is 0 Å². The molecular weight excluding hydrogens is 236 g/mol. The van der Waals surface area contributed by atoms with Gasteiger partial charge in [-0.25, -0.2) is 0 Å². The van der Waals surface area contributed by atoms with Crippen LogP contribution in [0.1, 0.15) is 45.1 Å². The Morgan fingerprint density at radius 2 is 1.89 bits per heavy atom. The highest BCUT2D eigenvalue weighted by molar-refractivity contribution is 5.90. The smallest absolute Gasteiger partial charge is 0.224 e. The molecule has 0 bridgehead atoms. The normalized spacial score (nSPS) is 12.2. The van der Waals surface area contributed by atoms with Gasteiger partial charge in [0.15, 0.2) is 0 Å². The summed E-state index contributed by atoms with van der Waals surface area (Å²) in [6.07, 6.45) is 4.62. The predicted molar refractivity (Wildman–Crippen MR) is 81.1 cm³/mol. The molecule has 1 atom stereocenters. The molecule has 0 aliphatic rings. The van der Waals surface area contributed by atoms with Gasteiger partial charge in [-0.15, -0.1) is 0 Å². The summed E-state index contributed by atoms with van der Waals surface area (Å²) < 4.78 is 0. The topological polar surface area (TPSA) is 55.1 Å². The van der Waals surface area contributed by atoms with Crippen LogP contribution in [0.15, 0.2) is 24.3 Å². The molecule has 19 heavy (non-hydrogen) atoms. The lowest BCUT2D eigenvalue weighted by atomic mass is 9.96. The van der Waals surface area contributed by atoms with Crippen molar-refractivity contribution in [3.8, 4) is 0 Å². The molecule has 1 amide bonds. The van der Waals surface area contributed by atoms with Gasteiger partial charge in [0.2, 0.25) is 5.91 Å². The van der Waals surface area contributed by atoms with Crippen molar-refractivity contribution < 1.29 is 4.79 Å². The van der Waals surface area contributed by atoms with E-state index >= 15 is 0 Å². The molecule has 106 valence electrons. The Labute approximate surface area is 116 Å². The van der Waals surface area contributed by atoms with Gasteiger partial charge < -0.3 is 11.1 Å². The van der Waals surface area contributed by atoms with E-state index < -0.39 is 0 Å². The van der Waals surface area contributed by atoms with Crippen LogP contribution in [-0.4, -0.2) is 12.5 Å². The second-order valence-electron chi connectivity index (χ2n) is 4.99. The van der Waals surface area contributed by atoms with Gasteiger partial charge in [0.25, 0.3) is 0 Å². The molecule has 0 aromatic heterocycles. The quantitative estimate of drug-likeness (QED) is 0.755. The van der Waals surface area contributed by atoms with Crippen LogP contribution in [0.4, 0.5) is 5.69 Å². The molecule has 3 nitrogen and oxygen atoms in total. The van der Waals surface area contributed by atoms with Gasteiger partial charge in [-0.1, -0.05) is 32.4 Å². The number of nitrogens with two attached hydrogens (primary N) is 1. The largest absolute Gasteiger partial charge is 0.330 e. The number of carbonyl (C=O) groups is 1. The molecule has 0 aliphatic heterocycles. The maximum Gasteiger partial charge on any atom is 0.224 e. The fourth-order valence-corrected chi connectivity index (χ4v) is 2.17. The molecule has 1 rings (SSSR count). The molecule has 0 spiro atoms. The van der Waals surface area contributed by atoms with Crippen LogP contribution in [0.25, 0.3) is 0 Å². The molecule has 0 heterocycles. The summed E-state index contributed by atoms with van der Waals surface area (Å²) >= 11 is 0. The summed E-state index contributed by atoms with van der Waals surface area (Å²) in [7, 11) is 0. The Balaban J connectivity index is 2.37. The monoisotopic (exact) mass is 262 g/mol. The highest BCUT2D eigenvalue weighted by atomic mass is 16.1. The van der Waals surface area contributed by atoms with Crippen LogP contribution in [-0.2, 0) is 11.2 Å². The Morgan fingerprint density at radius 1 is 1.21 bits per heavy atom. The number of rotatable bonds is 8. The van der Waals surface area contributed by atoms with Gasteiger partial charge in [-0.05, 0) is 49.4 Å². The SMILES string of the molecule is CCc1ccc(NC(=O)CCC(CC)CCN)cc1. The number of amides is 1. The number of nitrogens with one attached hydrogen (secondary N) is 1. The van der Waals surface area contributed by atoms with Crippen molar-refractivity contribution >= 4 is 11.6 Å². The third-order valence-electron chi connectivity index (χ3n) is 3.58. The third kappa shape index (κ3) is 5.88. The number of aryl methyl sites for hydroxylation is 1. The second kappa shape index (κ2) is 8.70. The van der Waals surface area contributed by atoms with Crippen molar-refractivity contribution in [2.24, 2.45) is 11.7 Å². The van der Waals surface area contributed by atoms with Crippen molar-refractivity contribution in [2.45, 2.75) is 46.0 Å². The van der Waals surface area contributed by atoms with Crippen molar-refractivity contribution in [1.82, 2.24) is 0 Å². The summed E-state index contributed by atoms with van der Waals surface area (Å²) in [5, 5.41) is 2.94. The molecule has 0 aliphatic carbocycles. The van der Waals surface area contributed by atoms with E-state index in [-0.39, 0.29) is 5.91 Å². The Morgan fingerprint density at radius 3 is 2.42 bits per heavy atom. The van der Waals surface area contributed by atoms with Gasteiger partial charge in [0.1, 0.15) is 0 Å². The molecule has 0 radical (unpaired) electrons. The van der Waals surface area contributed by atoms with Crippen LogP contribution in [0.3, 0.4) is 0 Å². The number of anilines is 1. The number of hydrogen-bond donors (Lipinski definition) is 2. The van der Waals surface area contributed by atoms with E-state index in [2.05, 4.69) is 31.3 Å². The van der Waals surface area contributed by atoms with E-state index in [1.165, 1.54) is 5.56 Å². The van der Waals surface area contributed by atoms with E-state index in [9.17, 15) is 4.79 Å². The average Bonchev–Trinajstić information content (AvgIpc) is 2.44. The Kier molecular flexibility index (Phi) is 7.19. The minimum atomic E-state index is 0.0970. The molecule has 0 fully saturated rings. The van der Waals surface area contributed by atoms with Crippen molar-refractivity contribution in [1.29, 1.82) is 0 Å². The van der Waals surface area contributed by atoms with Gasteiger partial charge in [0, 0.05) is 12.1 Å². The first-order valence-electron chi connectivity index (χ1n) is 7.28. The fourth-order valence-electron chi connectivity index (χ4n) is 2.17. The first-order valence-corrected chi connectivity index (χ1v) is 7.28. The van der Waals surface area contributed by atoms with E-state index in [4.69, 9.17) is 5.73 Å². The average molecular weight is 262 g/mol. The number of hydrogen-bond acceptors (Lipinski definition) is 2. The van der Waals surface area contributed by atoms with Gasteiger partial charge in [-0.2, -0.15) is 0 Å². The molecule has 1 unspecified atom stereocenters. The van der Waals surface area contributed by atoms with Crippen LogP contribution in [0, 0.1) is 5.92 Å². The van der Waals surface area contributed by atoms with Crippen molar-refractivity contribution in [2.75, 3.05) is 11.9 Å². The minimum absolute atomic E-state index is 0.0970. The first-order chi connectivity index (χ1) is 9.19. The summed E-state index contributed by atoms with van der Waals surface area (Å²) in [6, 6.07) is 8.04. The minimum Gasteiger partial charge on any atom is -0.330 e. The second-order valence-corrected chi connectivity index (χ2v) is 4.99.